The first-order chi connectivity index (χ1) is 14.1. The van der Waals surface area contributed by atoms with Crippen molar-refractivity contribution in [1.29, 1.82) is 0 Å². The summed E-state index contributed by atoms with van der Waals surface area (Å²) in [6.07, 6.45) is 5.07. The first-order valence-electron chi connectivity index (χ1n) is 10.6. The quantitative estimate of drug-likeness (QED) is 0.508. The molecule has 6 heteroatoms. The van der Waals surface area contributed by atoms with Crippen molar-refractivity contribution in [3.05, 3.63) is 57.0 Å². The van der Waals surface area contributed by atoms with E-state index in [9.17, 15) is 4.79 Å². The summed E-state index contributed by atoms with van der Waals surface area (Å²) in [7, 11) is 0. The topological polar surface area (TPSA) is 45.5 Å². The van der Waals surface area contributed by atoms with Gasteiger partial charge in [0.15, 0.2) is 5.76 Å². The third-order valence-corrected chi connectivity index (χ3v) is 7.21. The van der Waals surface area contributed by atoms with Crippen molar-refractivity contribution in [2.24, 2.45) is 0 Å². The van der Waals surface area contributed by atoms with Gasteiger partial charge in [0.25, 0.3) is 5.91 Å². The van der Waals surface area contributed by atoms with E-state index >= 15 is 0 Å². The molecule has 1 saturated heterocycles. The van der Waals surface area contributed by atoms with E-state index in [1.165, 1.54) is 36.1 Å². The Bertz CT molecular complexity index is 988. The van der Waals surface area contributed by atoms with Crippen LogP contribution in [0.1, 0.15) is 63.8 Å². The predicted octanol–water partition coefficient (Wildman–Crippen LogP) is 6.19. The smallest absolute Gasteiger partial charge is 0.287 e. The largest absolute Gasteiger partial charge is 0.450 e. The molecule has 2 aromatic heterocycles. The van der Waals surface area contributed by atoms with Crippen molar-refractivity contribution in [2.75, 3.05) is 19.6 Å². The highest BCUT2D eigenvalue weighted by atomic mass is 35.5. The Hall–Kier alpha value is -1.82. The zero-order chi connectivity index (χ0) is 20.4. The van der Waals surface area contributed by atoms with Crippen LogP contribution in [0.2, 0.25) is 0 Å². The molecule has 4 rings (SSSR count). The molecule has 162 valence electrons. The van der Waals surface area contributed by atoms with Crippen LogP contribution in [-0.4, -0.2) is 30.4 Å². The Balaban J connectivity index is 0.00000256. The lowest BCUT2D eigenvalue weighted by molar-refractivity contribution is 0.0907. The predicted molar refractivity (Wildman–Crippen MR) is 127 cm³/mol. The van der Waals surface area contributed by atoms with Crippen LogP contribution in [0.3, 0.4) is 0 Å². The Labute approximate surface area is 189 Å². The van der Waals surface area contributed by atoms with Crippen LogP contribution in [0.5, 0.6) is 0 Å². The molecule has 0 aliphatic carbocycles. The van der Waals surface area contributed by atoms with Crippen molar-refractivity contribution in [3.8, 4) is 0 Å². The van der Waals surface area contributed by atoms with E-state index in [1.54, 1.807) is 11.3 Å². The van der Waals surface area contributed by atoms with Crippen LogP contribution in [0.25, 0.3) is 11.0 Å². The molecule has 1 aromatic carbocycles. The molecule has 0 radical (unpaired) electrons. The van der Waals surface area contributed by atoms with Crippen LogP contribution in [-0.2, 0) is 0 Å². The summed E-state index contributed by atoms with van der Waals surface area (Å²) in [6, 6.07) is 8.66. The third-order valence-electron chi connectivity index (χ3n) is 6.24. The number of amides is 1. The number of furan rings is 1. The summed E-state index contributed by atoms with van der Waals surface area (Å²) < 4.78 is 6.04. The summed E-state index contributed by atoms with van der Waals surface area (Å²) in [6.45, 7) is 8.89. The maximum Gasteiger partial charge on any atom is 0.287 e. The Morgan fingerprint density at radius 2 is 1.83 bits per heavy atom. The van der Waals surface area contributed by atoms with E-state index < -0.39 is 0 Å². The number of hydrogen-bond acceptors (Lipinski definition) is 4. The standard InChI is InChI=1S/C24H30N2O2S.ClH/c1-16-10-11-19-18(3)23(28-22(19)17(16)2)24(27)25-15-20(21-9-8-14-29-21)26-12-6-4-5-7-13-26;/h8-11,14,20H,4-7,12-13,15H2,1-3H3,(H,25,27);1H. The van der Waals surface area contributed by atoms with E-state index in [0.29, 0.717) is 12.3 Å². The van der Waals surface area contributed by atoms with Crippen LogP contribution in [0.4, 0.5) is 0 Å². The van der Waals surface area contributed by atoms with Crippen molar-refractivity contribution in [3.63, 3.8) is 0 Å². The van der Waals surface area contributed by atoms with E-state index in [2.05, 4.69) is 53.7 Å². The van der Waals surface area contributed by atoms with Gasteiger partial charge in [-0.25, -0.2) is 0 Å². The Morgan fingerprint density at radius 3 is 2.50 bits per heavy atom. The van der Waals surface area contributed by atoms with Crippen molar-refractivity contribution in [2.45, 2.75) is 52.5 Å². The normalized spacial score (nSPS) is 16.1. The summed E-state index contributed by atoms with van der Waals surface area (Å²) in [5.74, 6) is 0.321. The number of halogens is 1. The van der Waals surface area contributed by atoms with Gasteiger partial charge in [-0.2, -0.15) is 0 Å². The molecular weight excluding hydrogens is 416 g/mol. The highest BCUT2D eigenvalue weighted by Gasteiger charge is 2.25. The maximum atomic E-state index is 13.0. The van der Waals surface area contributed by atoms with Gasteiger partial charge in [-0.15, -0.1) is 23.7 Å². The van der Waals surface area contributed by atoms with Gasteiger partial charge >= 0.3 is 0 Å². The Morgan fingerprint density at radius 1 is 1.10 bits per heavy atom. The first-order valence-corrected chi connectivity index (χ1v) is 11.5. The fourth-order valence-corrected chi connectivity index (χ4v) is 5.16. The fourth-order valence-electron chi connectivity index (χ4n) is 4.30. The molecule has 1 amide bonds. The molecule has 1 fully saturated rings. The van der Waals surface area contributed by atoms with Gasteiger partial charge in [-0.05, 0) is 69.3 Å². The van der Waals surface area contributed by atoms with Crippen molar-refractivity contribution in [1.82, 2.24) is 10.2 Å². The second-order valence-corrected chi connectivity index (χ2v) is 9.11. The molecule has 1 N–H and O–H groups in total. The number of carbonyl (C=O) groups is 1. The van der Waals surface area contributed by atoms with Crippen LogP contribution in [0, 0.1) is 20.8 Å². The molecule has 1 unspecified atom stereocenters. The lowest BCUT2D eigenvalue weighted by Gasteiger charge is -2.30. The summed E-state index contributed by atoms with van der Waals surface area (Å²) >= 11 is 1.77. The molecule has 0 saturated carbocycles. The van der Waals surface area contributed by atoms with Crippen LogP contribution in [0.15, 0.2) is 34.1 Å². The van der Waals surface area contributed by atoms with Crippen LogP contribution < -0.4 is 5.32 Å². The number of benzene rings is 1. The summed E-state index contributed by atoms with van der Waals surface area (Å²) in [4.78, 5) is 16.9. The van der Waals surface area contributed by atoms with Crippen molar-refractivity contribution >= 4 is 40.6 Å². The number of nitrogens with one attached hydrogen (secondary N) is 1. The molecule has 0 spiro atoms. The fraction of sp³-hybridized carbons (Fsp3) is 0.458. The minimum atomic E-state index is -0.118. The number of rotatable bonds is 5. The number of aryl methyl sites for hydroxylation is 3. The SMILES string of the molecule is Cc1ccc2c(C)c(C(=O)NCC(c3cccs3)N3CCCCCC3)oc2c1C.Cl. The molecular formula is C24H31ClN2O2S. The minimum absolute atomic E-state index is 0. The lowest BCUT2D eigenvalue weighted by atomic mass is 10.0. The van der Waals surface area contributed by atoms with Crippen LogP contribution >= 0.6 is 23.7 Å². The van der Waals surface area contributed by atoms with Gasteiger partial charge in [0.1, 0.15) is 5.58 Å². The number of nitrogens with zero attached hydrogens (tertiary/aromatic N) is 1. The molecule has 4 nitrogen and oxygen atoms in total. The van der Waals surface area contributed by atoms with Gasteiger partial charge in [0.2, 0.25) is 0 Å². The zero-order valence-electron chi connectivity index (χ0n) is 18.0. The summed E-state index contributed by atoms with van der Waals surface area (Å²) in [5, 5.41) is 6.32. The molecule has 3 heterocycles. The van der Waals surface area contributed by atoms with Crippen molar-refractivity contribution < 1.29 is 9.21 Å². The third kappa shape index (κ3) is 4.58. The highest BCUT2D eigenvalue weighted by molar-refractivity contribution is 7.10. The Kier molecular flexibility index (Phi) is 7.61. The molecule has 30 heavy (non-hydrogen) atoms. The second kappa shape index (κ2) is 9.99. The van der Waals surface area contributed by atoms with Gasteiger partial charge in [-0.1, -0.05) is 31.0 Å². The maximum absolute atomic E-state index is 13.0. The van der Waals surface area contributed by atoms with E-state index in [0.717, 1.165) is 35.2 Å². The number of fused-ring (bicyclic) bond motifs is 1. The molecule has 3 aromatic rings. The van der Waals surface area contributed by atoms with Gasteiger partial charge in [-0.3, -0.25) is 9.69 Å². The average molecular weight is 447 g/mol. The van der Waals surface area contributed by atoms with E-state index in [1.807, 2.05) is 6.92 Å². The lowest BCUT2D eigenvalue weighted by Crippen LogP contribution is -2.38. The minimum Gasteiger partial charge on any atom is -0.450 e. The monoisotopic (exact) mass is 446 g/mol. The number of carbonyl (C=O) groups excluding carboxylic acids is 1. The first kappa shape index (κ1) is 22.9. The molecule has 1 aliphatic rings. The van der Waals surface area contributed by atoms with Gasteiger partial charge < -0.3 is 9.73 Å². The van der Waals surface area contributed by atoms with E-state index in [4.69, 9.17) is 4.42 Å². The van der Waals surface area contributed by atoms with Gasteiger partial charge in [0.05, 0.1) is 6.04 Å². The highest BCUT2D eigenvalue weighted by Crippen LogP contribution is 2.30. The number of likely N-dealkylation sites (tertiary alicyclic amines) is 1. The molecule has 1 aliphatic heterocycles. The van der Waals surface area contributed by atoms with Gasteiger partial charge in [0, 0.05) is 22.4 Å². The number of thiophene rings is 1. The zero-order valence-corrected chi connectivity index (χ0v) is 19.6. The number of hydrogen-bond donors (Lipinski definition) is 1. The average Bonchev–Trinajstić information content (AvgIpc) is 3.27. The summed E-state index contributed by atoms with van der Waals surface area (Å²) in [5.41, 5.74) is 4.03. The van der Waals surface area contributed by atoms with E-state index in [-0.39, 0.29) is 24.4 Å². The molecule has 1 atom stereocenters. The second-order valence-electron chi connectivity index (χ2n) is 8.13. The molecule has 0 bridgehead atoms.